The number of carbonyl (C=O) groups is 1. The van der Waals surface area contributed by atoms with Gasteiger partial charge in [-0.3, -0.25) is 4.98 Å². The highest BCUT2D eigenvalue weighted by Gasteiger charge is 2.40. The molecule has 1 atom stereocenters. The Kier molecular flexibility index (Phi) is 3.92. The van der Waals surface area contributed by atoms with Gasteiger partial charge in [-0.1, -0.05) is 36.4 Å². The molecule has 0 saturated carbocycles. The van der Waals surface area contributed by atoms with Gasteiger partial charge in [0.1, 0.15) is 17.0 Å². The summed E-state index contributed by atoms with van der Waals surface area (Å²) in [4.78, 5) is 21.3. The van der Waals surface area contributed by atoms with Gasteiger partial charge >= 0.3 is 5.97 Å². The Morgan fingerprint density at radius 1 is 0.962 bits per heavy atom. The summed E-state index contributed by atoms with van der Waals surface area (Å²) >= 11 is 0. The summed E-state index contributed by atoms with van der Waals surface area (Å²) < 4.78 is 5.52. The van der Waals surface area contributed by atoms with Crippen LogP contribution in [0.15, 0.2) is 67.0 Å². The number of pyridine rings is 2. The van der Waals surface area contributed by atoms with Crippen molar-refractivity contribution in [1.29, 1.82) is 0 Å². The van der Waals surface area contributed by atoms with Crippen LogP contribution in [0.2, 0.25) is 0 Å². The number of ether oxygens (including phenoxy) is 1. The van der Waals surface area contributed by atoms with Crippen LogP contribution in [-0.4, -0.2) is 15.9 Å². The second-order valence-corrected chi connectivity index (χ2v) is 6.72. The molecule has 0 unspecified atom stereocenters. The lowest BCUT2D eigenvalue weighted by Gasteiger charge is -2.21. The van der Waals surface area contributed by atoms with Gasteiger partial charge in [0.25, 0.3) is 0 Å². The smallest absolute Gasteiger partial charge is 0.343 e. The molecular weight excluding hydrogens is 326 g/mol. The predicted molar refractivity (Wildman–Crippen MR) is 98.8 cm³/mol. The van der Waals surface area contributed by atoms with Gasteiger partial charge in [0, 0.05) is 18.0 Å². The van der Waals surface area contributed by atoms with Crippen LogP contribution < -0.4 is 5.32 Å². The molecule has 130 valence electrons. The van der Waals surface area contributed by atoms with Crippen LogP contribution in [0.25, 0.3) is 0 Å². The maximum absolute atomic E-state index is 12.4. The summed E-state index contributed by atoms with van der Waals surface area (Å²) in [7, 11) is 0. The fourth-order valence-electron chi connectivity index (χ4n) is 3.27. The molecule has 0 amide bonds. The summed E-state index contributed by atoms with van der Waals surface area (Å²) in [5.74, 6) is 0.158. The number of esters is 1. The molecule has 0 fully saturated rings. The Hall–Kier alpha value is -3.21. The van der Waals surface area contributed by atoms with Gasteiger partial charge in [0.05, 0.1) is 11.7 Å². The lowest BCUT2D eigenvalue weighted by molar-refractivity contribution is 0.00958. The topological polar surface area (TPSA) is 64.1 Å². The molecule has 2 aromatic heterocycles. The van der Waals surface area contributed by atoms with E-state index in [1.807, 2.05) is 68.4 Å². The van der Waals surface area contributed by atoms with Gasteiger partial charge in [0.15, 0.2) is 0 Å². The van der Waals surface area contributed by atoms with Crippen molar-refractivity contribution in [2.24, 2.45) is 0 Å². The number of benzene rings is 1. The van der Waals surface area contributed by atoms with Gasteiger partial charge in [-0.05, 0) is 37.6 Å². The number of aromatic nitrogens is 2. The molecule has 1 N–H and O–H groups in total. The lowest BCUT2D eigenvalue weighted by atomic mass is 9.96. The number of nitrogens with zero attached hydrogens (tertiary/aromatic N) is 2. The van der Waals surface area contributed by atoms with Gasteiger partial charge in [0.2, 0.25) is 0 Å². The van der Waals surface area contributed by atoms with Crippen molar-refractivity contribution in [1.82, 2.24) is 9.97 Å². The second-order valence-electron chi connectivity index (χ2n) is 6.72. The third kappa shape index (κ3) is 2.81. The zero-order chi connectivity index (χ0) is 18.1. The van der Waals surface area contributed by atoms with Crippen molar-refractivity contribution < 1.29 is 9.53 Å². The number of rotatable bonds is 4. The normalized spacial score (nSPS) is 15.8. The summed E-state index contributed by atoms with van der Waals surface area (Å²) in [5.41, 5.74) is 2.57. The van der Waals surface area contributed by atoms with Gasteiger partial charge in [-0.25, -0.2) is 9.78 Å². The third-order valence-corrected chi connectivity index (χ3v) is 4.55. The number of carbonyl (C=O) groups excluding carboxylic acids is 1. The molecular formula is C21H19N3O2. The first-order chi connectivity index (χ1) is 12.6. The van der Waals surface area contributed by atoms with Crippen LogP contribution in [0.5, 0.6) is 0 Å². The molecule has 5 heteroatoms. The minimum absolute atomic E-state index is 0.229. The van der Waals surface area contributed by atoms with Gasteiger partial charge in [-0.2, -0.15) is 0 Å². The van der Waals surface area contributed by atoms with Crippen molar-refractivity contribution in [3.8, 4) is 0 Å². The van der Waals surface area contributed by atoms with Crippen molar-refractivity contribution in [3.63, 3.8) is 0 Å². The number of cyclic esters (lactones) is 1. The summed E-state index contributed by atoms with van der Waals surface area (Å²) in [6.45, 7) is 3.77. The third-order valence-electron chi connectivity index (χ3n) is 4.55. The Bertz CT molecular complexity index is 900. The molecule has 1 aliphatic heterocycles. The minimum atomic E-state index is -0.654. The first-order valence-electron chi connectivity index (χ1n) is 8.51. The number of hydrogen-bond acceptors (Lipinski definition) is 5. The monoisotopic (exact) mass is 345 g/mol. The number of anilines is 1. The molecule has 0 spiro atoms. The van der Waals surface area contributed by atoms with E-state index >= 15 is 0 Å². The maximum Gasteiger partial charge on any atom is 0.343 e. The fraction of sp³-hybridized carbons (Fsp3) is 0.190. The van der Waals surface area contributed by atoms with E-state index in [4.69, 9.17) is 4.74 Å². The Balaban J connectivity index is 1.79. The van der Waals surface area contributed by atoms with E-state index < -0.39 is 5.60 Å². The predicted octanol–water partition coefficient (Wildman–Crippen LogP) is 4.08. The highest BCUT2D eigenvalue weighted by atomic mass is 16.6. The van der Waals surface area contributed by atoms with E-state index in [-0.39, 0.29) is 12.0 Å². The number of fused-ring (bicyclic) bond motifs is 1. The van der Waals surface area contributed by atoms with Crippen LogP contribution >= 0.6 is 0 Å². The van der Waals surface area contributed by atoms with Gasteiger partial charge < -0.3 is 10.1 Å². The standard InChI is InChI=1S/C21H19N3O2/c1-21(2)15-11-13-23-19(17(15)20(25)26-21)24-18(14-8-4-3-5-9-14)16-10-6-7-12-22-16/h3-13,18H,1-2H3,(H,23,24)/t18-/m1/s1. The summed E-state index contributed by atoms with van der Waals surface area (Å²) in [6, 6.07) is 17.4. The molecule has 1 aliphatic rings. The molecule has 0 saturated heterocycles. The van der Waals surface area contributed by atoms with Crippen LogP contribution in [0.1, 0.15) is 47.1 Å². The molecule has 5 nitrogen and oxygen atoms in total. The molecule has 26 heavy (non-hydrogen) atoms. The molecule has 1 aromatic carbocycles. The average molecular weight is 345 g/mol. The molecule has 0 radical (unpaired) electrons. The van der Waals surface area contributed by atoms with Gasteiger partial charge in [-0.15, -0.1) is 0 Å². The highest BCUT2D eigenvalue weighted by molar-refractivity contribution is 5.99. The lowest BCUT2D eigenvalue weighted by Crippen LogP contribution is -2.17. The van der Waals surface area contributed by atoms with Crippen LogP contribution in [0, 0.1) is 0 Å². The average Bonchev–Trinajstić information content (AvgIpc) is 2.90. The Labute approximate surface area is 152 Å². The molecule has 4 rings (SSSR count). The first-order valence-corrected chi connectivity index (χ1v) is 8.51. The van der Waals surface area contributed by atoms with E-state index in [0.29, 0.717) is 11.4 Å². The quantitative estimate of drug-likeness (QED) is 0.722. The summed E-state index contributed by atoms with van der Waals surface area (Å²) in [5, 5.41) is 3.41. The number of nitrogens with one attached hydrogen (secondary N) is 1. The molecule has 0 aliphatic carbocycles. The van der Waals surface area contributed by atoms with Crippen molar-refractivity contribution in [2.75, 3.05) is 5.32 Å². The molecule has 0 bridgehead atoms. The first kappa shape index (κ1) is 16.3. The Morgan fingerprint density at radius 2 is 1.73 bits per heavy atom. The van der Waals surface area contributed by atoms with Crippen LogP contribution in [0.3, 0.4) is 0 Å². The van der Waals surface area contributed by atoms with Crippen molar-refractivity contribution in [3.05, 3.63) is 89.4 Å². The summed E-state index contributed by atoms with van der Waals surface area (Å²) in [6.07, 6.45) is 3.46. The highest BCUT2D eigenvalue weighted by Crippen LogP contribution is 2.39. The van der Waals surface area contributed by atoms with Crippen molar-refractivity contribution in [2.45, 2.75) is 25.5 Å². The van der Waals surface area contributed by atoms with E-state index in [1.54, 1.807) is 12.4 Å². The molecule has 3 aromatic rings. The van der Waals surface area contributed by atoms with E-state index in [1.165, 1.54) is 0 Å². The zero-order valence-electron chi connectivity index (χ0n) is 14.6. The minimum Gasteiger partial charge on any atom is -0.451 e. The van der Waals surface area contributed by atoms with E-state index in [0.717, 1.165) is 16.8 Å². The largest absolute Gasteiger partial charge is 0.451 e. The van der Waals surface area contributed by atoms with E-state index in [9.17, 15) is 4.79 Å². The maximum atomic E-state index is 12.4. The Morgan fingerprint density at radius 3 is 2.46 bits per heavy atom. The number of hydrogen-bond donors (Lipinski definition) is 1. The second kappa shape index (κ2) is 6.26. The van der Waals surface area contributed by atoms with Crippen molar-refractivity contribution >= 4 is 11.8 Å². The van der Waals surface area contributed by atoms with Crippen LogP contribution in [0.4, 0.5) is 5.82 Å². The fourth-order valence-corrected chi connectivity index (χ4v) is 3.27. The SMILES string of the molecule is CC1(C)OC(=O)c2c1ccnc2N[C@H](c1ccccc1)c1ccccn1. The van der Waals surface area contributed by atoms with Crippen LogP contribution in [-0.2, 0) is 10.3 Å². The zero-order valence-corrected chi connectivity index (χ0v) is 14.6. The molecule has 3 heterocycles. The van der Waals surface area contributed by atoms with E-state index in [2.05, 4.69) is 15.3 Å².